The van der Waals surface area contributed by atoms with E-state index in [2.05, 4.69) is 10.6 Å². The van der Waals surface area contributed by atoms with Crippen LogP contribution in [0.1, 0.15) is 33.6 Å². The monoisotopic (exact) mass is 346 g/mol. The Morgan fingerprint density at radius 3 is 2.76 bits per heavy atom. The van der Waals surface area contributed by atoms with Crippen molar-refractivity contribution in [3.8, 4) is 0 Å². The number of hydrogen-bond acceptors (Lipinski definition) is 3. The van der Waals surface area contributed by atoms with Crippen LogP contribution >= 0.6 is 0 Å². The van der Waals surface area contributed by atoms with Crippen LogP contribution in [0.5, 0.6) is 0 Å². The summed E-state index contributed by atoms with van der Waals surface area (Å²) < 4.78 is 0. The first-order valence-electron chi connectivity index (χ1n) is 8.56. The Kier molecular flexibility index (Phi) is 6.01. The van der Waals surface area contributed by atoms with Gasteiger partial charge in [0.25, 0.3) is 0 Å². The van der Waals surface area contributed by atoms with Gasteiger partial charge in [-0.3, -0.25) is 9.59 Å². The van der Waals surface area contributed by atoms with Crippen molar-refractivity contribution in [3.63, 3.8) is 0 Å². The minimum Gasteiger partial charge on any atom is -0.336 e. The molecule has 0 bridgehead atoms. The van der Waals surface area contributed by atoms with Crippen molar-refractivity contribution < 1.29 is 14.4 Å². The molecule has 2 N–H and O–H groups in total. The molecule has 0 fully saturated rings. The molecule has 0 spiro atoms. The summed E-state index contributed by atoms with van der Waals surface area (Å²) in [5, 5.41) is 5.66. The average Bonchev–Trinajstić information content (AvgIpc) is 2.68. The molecule has 1 aromatic rings. The lowest BCUT2D eigenvalue weighted by molar-refractivity contribution is -0.119. The normalized spacial score (nSPS) is 17.8. The van der Waals surface area contributed by atoms with E-state index in [9.17, 15) is 14.4 Å². The van der Waals surface area contributed by atoms with Crippen LogP contribution in [-0.4, -0.2) is 48.4 Å². The third-order valence-corrected chi connectivity index (χ3v) is 4.33. The zero-order chi connectivity index (χ0) is 18.6. The first-order valence-corrected chi connectivity index (χ1v) is 8.56. The molecule has 7 heteroatoms. The van der Waals surface area contributed by atoms with E-state index in [0.717, 1.165) is 6.42 Å². The fourth-order valence-electron chi connectivity index (χ4n) is 2.74. The van der Waals surface area contributed by atoms with Gasteiger partial charge in [0.2, 0.25) is 11.8 Å². The van der Waals surface area contributed by atoms with Crippen molar-refractivity contribution in [2.45, 2.75) is 45.7 Å². The second kappa shape index (κ2) is 8.00. The molecule has 1 heterocycles. The minimum atomic E-state index is -0.290. The van der Waals surface area contributed by atoms with E-state index in [1.165, 1.54) is 4.90 Å². The molecule has 1 aromatic carbocycles. The van der Waals surface area contributed by atoms with Crippen LogP contribution in [0.15, 0.2) is 24.3 Å². The summed E-state index contributed by atoms with van der Waals surface area (Å²) in [7, 11) is 1.59. The fourth-order valence-corrected chi connectivity index (χ4v) is 2.74. The molecule has 2 rings (SSSR count). The molecule has 0 saturated heterocycles. The number of para-hydroxylation sites is 2. The maximum absolute atomic E-state index is 12.9. The van der Waals surface area contributed by atoms with Gasteiger partial charge in [0.1, 0.15) is 6.54 Å². The van der Waals surface area contributed by atoms with E-state index >= 15 is 0 Å². The van der Waals surface area contributed by atoms with E-state index in [1.807, 2.05) is 32.9 Å². The van der Waals surface area contributed by atoms with Crippen LogP contribution in [0.25, 0.3) is 0 Å². The smallest absolute Gasteiger partial charge is 0.317 e. The van der Waals surface area contributed by atoms with Gasteiger partial charge >= 0.3 is 6.03 Å². The highest BCUT2D eigenvalue weighted by molar-refractivity contribution is 6.05. The molecule has 2 atom stereocenters. The van der Waals surface area contributed by atoms with Crippen LogP contribution in [0, 0.1) is 0 Å². The molecule has 0 saturated carbocycles. The van der Waals surface area contributed by atoms with Gasteiger partial charge in [-0.1, -0.05) is 19.1 Å². The van der Waals surface area contributed by atoms with E-state index in [-0.39, 0.29) is 42.9 Å². The Morgan fingerprint density at radius 2 is 2.08 bits per heavy atom. The summed E-state index contributed by atoms with van der Waals surface area (Å²) in [5.74, 6) is -0.351. The second-order valence-corrected chi connectivity index (χ2v) is 6.50. The molecule has 0 unspecified atom stereocenters. The highest BCUT2D eigenvalue weighted by Crippen LogP contribution is 2.31. The van der Waals surface area contributed by atoms with Crippen LogP contribution in [0.3, 0.4) is 0 Å². The van der Waals surface area contributed by atoms with Crippen molar-refractivity contribution in [3.05, 3.63) is 24.3 Å². The lowest BCUT2D eigenvalue weighted by Gasteiger charge is -2.30. The average molecular weight is 346 g/mol. The van der Waals surface area contributed by atoms with Gasteiger partial charge < -0.3 is 20.4 Å². The quantitative estimate of drug-likeness (QED) is 0.877. The van der Waals surface area contributed by atoms with Gasteiger partial charge in [0, 0.05) is 25.6 Å². The van der Waals surface area contributed by atoms with Gasteiger partial charge in [-0.2, -0.15) is 0 Å². The largest absolute Gasteiger partial charge is 0.336 e. The molecular weight excluding hydrogens is 320 g/mol. The summed E-state index contributed by atoms with van der Waals surface area (Å²) in [6, 6.07) is 6.67. The van der Waals surface area contributed by atoms with E-state index in [4.69, 9.17) is 0 Å². The molecular formula is C18H26N4O3. The van der Waals surface area contributed by atoms with Gasteiger partial charge in [-0.05, 0) is 32.4 Å². The standard InChI is InChI=1S/C18H26N4O3/c1-5-12(2)19-18(25)21(4)11-17(24)22-13(3)10-16(23)20-14-8-6-7-9-15(14)22/h6-9,12-13H,5,10-11H2,1-4H3,(H,19,25)(H,20,23)/t12-,13-/m0/s1. The zero-order valence-corrected chi connectivity index (χ0v) is 15.2. The van der Waals surface area contributed by atoms with E-state index in [1.54, 1.807) is 24.1 Å². The molecule has 0 aromatic heterocycles. The first kappa shape index (κ1) is 18.8. The number of likely N-dealkylation sites (N-methyl/N-ethyl adjacent to an activating group) is 1. The number of fused-ring (bicyclic) bond motifs is 1. The summed E-state index contributed by atoms with van der Waals surface area (Å²) >= 11 is 0. The van der Waals surface area contributed by atoms with Gasteiger partial charge in [0.05, 0.1) is 11.4 Å². The highest BCUT2D eigenvalue weighted by Gasteiger charge is 2.30. The number of urea groups is 1. The Balaban J connectivity index is 2.17. The highest BCUT2D eigenvalue weighted by atomic mass is 16.2. The van der Waals surface area contributed by atoms with E-state index in [0.29, 0.717) is 11.4 Å². The fraction of sp³-hybridized carbons (Fsp3) is 0.500. The molecule has 1 aliphatic rings. The predicted molar refractivity (Wildman–Crippen MR) is 97.6 cm³/mol. The van der Waals surface area contributed by atoms with Crippen LogP contribution in [0.4, 0.5) is 16.2 Å². The number of hydrogen-bond donors (Lipinski definition) is 2. The van der Waals surface area contributed by atoms with E-state index < -0.39 is 0 Å². The number of amides is 4. The van der Waals surface area contributed by atoms with Crippen molar-refractivity contribution in [2.24, 2.45) is 0 Å². The third-order valence-electron chi connectivity index (χ3n) is 4.33. The minimum absolute atomic E-state index is 0.0460. The number of nitrogens with zero attached hydrogens (tertiary/aromatic N) is 2. The number of carbonyl (C=O) groups excluding carboxylic acids is 3. The van der Waals surface area contributed by atoms with Gasteiger partial charge in [-0.15, -0.1) is 0 Å². The van der Waals surface area contributed by atoms with Crippen LogP contribution < -0.4 is 15.5 Å². The Hall–Kier alpha value is -2.57. The molecule has 25 heavy (non-hydrogen) atoms. The SMILES string of the molecule is CC[C@H](C)NC(=O)N(C)CC(=O)N1c2ccccc2NC(=O)C[C@@H]1C. The molecule has 4 amide bonds. The Labute approximate surface area is 148 Å². The van der Waals surface area contributed by atoms with Crippen LogP contribution in [-0.2, 0) is 9.59 Å². The van der Waals surface area contributed by atoms with Crippen molar-refractivity contribution in [1.29, 1.82) is 0 Å². The van der Waals surface area contributed by atoms with Crippen molar-refractivity contribution in [2.75, 3.05) is 23.8 Å². The number of nitrogens with one attached hydrogen (secondary N) is 2. The summed E-state index contributed by atoms with van der Waals surface area (Å²) in [4.78, 5) is 40.0. The molecule has 7 nitrogen and oxygen atoms in total. The second-order valence-electron chi connectivity index (χ2n) is 6.50. The Bertz CT molecular complexity index is 661. The molecule has 0 radical (unpaired) electrons. The summed E-state index contributed by atoms with van der Waals surface area (Å²) in [6.07, 6.45) is 1.03. The van der Waals surface area contributed by atoms with Crippen molar-refractivity contribution in [1.82, 2.24) is 10.2 Å². The maximum atomic E-state index is 12.9. The first-order chi connectivity index (χ1) is 11.8. The summed E-state index contributed by atoms with van der Waals surface area (Å²) in [5.41, 5.74) is 1.26. The maximum Gasteiger partial charge on any atom is 0.317 e. The predicted octanol–water partition coefficient (Wildman–Crippen LogP) is 2.19. The lowest BCUT2D eigenvalue weighted by atomic mass is 10.1. The molecule has 0 aliphatic carbocycles. The zero-order valence-electron chi connectivity index (χ0n) is 15.2. The van der Waals surface area contributed by atoms with Crippen molar-refractivity contribution >= 4 is 29.2 Å². The number of benzene rings is 1. The number of carbonyl (C=O) groups is 3. The topological polar surface area (TPSA) is 81.8 Å². The molecule has 136 valence electrons. The summed E-state index contributed by atoms with van der Waals surface area (Å²) in [6.45, 7) is 5.67. The Morgan fingerprint density at radius 1 is 1.40 bits per heavy atom. The number of anilines is 2. The van der Waals surface area contributed by atoms with Gasteiger partial charge in [-0.25, -0.2) is 4.79 Å². The number of rotatable bonds is 4. The van der Waals surface area contributed by atoms with Gasteiger partial charge in [0.15, 0.2) is 0 Å². The molecule has 1 aliphatic heterocycles. The van der Waals surface area contributed by atoms with Crippen LogP contribution in [0.2, 0.25) is 0 Å². The third kappa shape index (κ3) is 4.49. The lowest BCUT2D eigenvalue weighted by Crippen LogP contribution is -2.49.